The van der Waals surface area contributed by atoms with Crippen LogP contribution in [0.4, 0.5) is 0 Å². The Morgan fingerprint density at radius 3 is 3.00 bits per heavy atom. The van der Waals surface area contributed by atoms with E-state index in [9.17, 15) is 4.79 Å². The first kappa shape index (κ1) is 10.2. The molecule has 0 fully saturated rings. The second-order valence-electron chi connectivity index (χ2n) is 2.84. The Morgan fingerprint density at radius 1 is 1.77 bits per heavy atom. The van der Waals surface area contributed by atoms with E-state index in [1.807, 2.05) is 18.4 Å². The van der Waals surface area contributed by atoms with Gasteiger partial charge in [-0.25, -0.2) is 0 Å². The number of furan rings is 1. The third kappa shape index (κ3) is 3.14. The molecule has 1 atom stereocenters. The van der Waals surface area contributed by atoms with Gasteiger partial charge in [-0.15, -0.1) is 0 Å². The van der Waals surface area contributed by atoms with Crippen LogP contribution in [0.1, 0.15) is 5.76 Å². The van der Waals surface area contributed by atoms with Gasteiger partial charge in [0.25, 0.3) is 0 Å². The average Bonchev–Trinajstić information content (AvgIpc) is 2.56. The van der Waals surface area contributed by atoms with E-state index < -0.39 is 0 Å². The van der Waals surface area contributed by atoms with E-state index in [4.69, 9.17) is 10.2 Å². The van der Waals surface area contributed by atoms with Crippen LogP contribution in [-0.4, -0.2) is 17.9 Å². The number of primary amides is 1. The van der Waals surface area contributed by atoms with E-state index in [1.54, 1.807) is 18.0 Å². The first-order valence-corrected chi connectivity index (χ1v) is 5.44. The molecule has 1 amide bonds. The van der Waals surface area contributed by atoms with Gasteiger partial charge in [0.2, 0.25) is 5.91 Å². The van der Waals surface area contributed by atoms with Crippen LogP contribution in [0, 0.1) is 5.92 Å². The van der Waals surface area contributed by atoms with Crippen molar-refractivity contribution in [3.63, 3.8) is 0 Å². The highest BCUT2D eigenvalue weighted by Crippen LogP contribution is 2.13. The lowest BCUT2D eigenvalue weighted by molar-refractivity contribution is -0.121. The SMILES string of the molecule is CSCC(Cc1ccco1)C(N)=O. The molecule has 0 aliphatic carbocycles. The van der Waals surface area contributed by atoms with Gasteiger partial charge >= 0.3 is 0 Å². The maximum absolute atomic E-state index is 11.0. The number of amides is 1. The Labute approximate surface area is 81.7 Å². The number of hydrogen-bond donors (Lipinski definition) is 1. The minimum Gasteiger partial charge on any atom is -0.469 e. The van der Waals surface area contributed by atoms with Crippen molar-refractivity contribution >= 4 is 17.7 Å². The fourth-order valence-corrected chi connectivity index (χ4v) is 1.80. The summed E-state index contributed by atoms with van der Waals surface area (Å²) in [5.41, 5.74) is 5.25. The molecule has 72 valence electrons. The van der Waals surface area contributed by atoms with Crippen LogP contribution in [0.3, 0.4) is 0 Å². The van der Waals surface area contributed by atoms with Crippen molar-refractivity contribution in [2.45, 2.75) is 6.42 Å². The lowest BCUT2D eigenvalue weighted by atomic mass is 10.1. The van der Waals surface area contributed by atoms with Gasteiger partial charge in [0.15, 0.2) is 0 Å². The van der Waals surface area contributed by atoms with E-state index in [1.165, 1.54) is 0 Å². The molecule has 0 aliphatic rings. The second-order valence-corrected chi connectivity index (χ2v) is 3.75. The fraction of sp³-hybridized carbons (Fsp3) is 0.444. The molecular weight excluding hydrogens is 186 g/mol. The highest BCUT2D eigenvalue weighted by molar-refractivity contribution is 7.98. The molecule has 0 saturated heterocycles. The Morgan fingerprint density at radius 2 is 2.54 bits per heavy atom. The summed E-state index contributed by atoms with van der Waals surface area (Å²) < 4.78 is 5.14. The van der Waals surface area contributed by atoms with Gasteiger partial charge in [0, 0.05) is 12.2 Å². The number of rotatable bonds is 5. The number of carbonyl (C=O) groups is 1. The molecule has 1 rings (SSSR count). The van der Waals surface area contributed by atoms with Gasteiger partial charge in [-0.1, -0.05) is 0 Å². The van der Waals surface area contributed by atoms with E-state index in [0.29, 0.717) is 6.42 Å². The molecular formula is C9H13NO2S. The standard InChI is InChI=1S/C9H13NO2S/c1-13-6-7(9(10)11)5-8-3-2-4-12-8/h2-4,7H,5-6H2,1H3,(H2,10,11). The molecule has 0 saturated carbocycles. The Bertz CT molecular complexity index is 259. The number of carbonyl (C=O) groups excluding carboxylic acids is 1. The molecule has 0 aromatic carbocycles. The molecule has 0 bridgehead atoms. The predicted molar refractivity (Wildman–Crippen MR) is 53.5 cm³/mol. The Hall–Kier alpha value is -0.900. The normalized spacial score (nSPS) is 12.7. The highest BCUT2D eigenvalue weighted by Gasteiger charge is 2.16. The zero-order valence-electron chi connectivity index (χ0n) is 7.53. The first-order valence-electron chi connectivity index (χ1n) is 4.04. The van der Waals surface area contributed by atoms with Gasteiger partial charge < -0.3 is 10.2 Å². The van der Waals surface area contributed by atoms with E-state index in [0.717, 1.165) is 11.5 Å². The lowest BCUT2D eigenvalue weighted by Crippen LogP contribution is -2.26. The molecule has 1 aromatic rings. The molecule has 0 spiro atoms. The molecule has 1 aromatic heterocycles. The van der Waals surface area contributed by atoms with Crippen molar-refractivity contribution in [1.82, 2.24) is 0 Å². The largest absolute Gasteiger partial charge is 0.469 e. The maximum Gasteiger partial charge on any atom is 0.221 e. The summed E-state index contributed by atoms with van der Waals surface area (Å²) >= 11 is 1.62. The zero-order valence-corrected chi connectivity index (χ0v) is 8.34. The first-order chi connectivity index (χ1) is 6.24. The van der Waals surface area contributed by atoms with Crippen molar-refractivity contribution in [2.75, 3.05) is 12.0 Å². The summed E-state index contributed by atoms with van der Waals surface area (Å²) in [6, 6.07) is 3.67. The fourth-order valence-electron chi connectivity index (χ4n) is 1.11. The molecule has 0 aliphatic heterocycles. The van der Waals surface area contributed by atoms with Crippen LogP contribution < -0.4 is 5.73 Å². The third-order valence-electron chi connectivity index (χ3n) is 1.80. The summed E-state index contributed by atoms with van der Waals surface area (Å²) in [6.07, 6.45) is 4.16. The van der Waals surface area contributed by atoms with E-state index in [2.05, 4.69) is 0 Å². The van der Waals surface area contributed by atoms with Crippen LogP contribution in [0.2, 0.25) is 0 Å². The van der Waals surface area contributed by atoms with Crippen molar-refractivity contribution < 1.29 is 9.21 Å². The summed E-state index contributed by atoms with van der Waals surface area (Å²) in [7, 11) is 0. The van der Waals surface area contributed by atoms with Crippen molar-refractivity contribution in [3.05, 3.63) is 24.2 Å². The maximum atomic E-state index is 11.0. The predicted octanol–water partition coefficient (Wildman–Crippen LogP) is 1.29. The number of thioether (sulfide) groups is 1. The van der Waals surface area contributed by atoms with Crippen LogP contribution >= 0.6 is 11.8 Å². The van der Waals surface area contributed by atoms with Crippen molar-refractivity contribution in [3.8, 4) is 0 Å². The van der Waals surface area contributed by atoms with Gasteiger partial charge in [-0.2, -0.15) is 11.8 Å². The third-order valence-corrected chi connectivity index (χ3v) is 2.53. The van der Waals surface area contributed by atoms with Crippen LogP contribution in [-0.2, 0) is 11.2 Å². The highest BCUT2D eigenvalue weighted by atomic mass is 32.2. The zero-order chi connectivity index (χ0) is 9.68. The Balaban J connectivity index is 2.52. The molecule has 2 N–H and O–H groups in total. The number of hydrogen-bond acceptors (Lipinski definition) is 3. The summed E-state index contributed by atoms with van der Waals surface area (Å²) in [5, 5.41) is 0. The topological polar surface area (TPSA) is 56.2 Å². The quantitative estimate of drug-likeness (QED) is 0.777. The van der Waals surface area contributed by atoms with Crippen LogP contribution in [0.15, 0.2) is 22.8 Å². The smallest absolute Gasteiger partial charge is 0.221 e. The molecule has 1 heterocycles. The van der Waals surface area contributed by atoms with Gasteiger partial charge in [-0.3, -0.25) is 4.79 Å². The average molecular weight is 199 g/mol. The minimum atomic E-state index is -0.259. The summed E-state index contributed by atoms with van der Waals surface area (Å²) in [4.78, 5) is 11.0. The Kier molecular flexibility index (Phi) is 3.89. The van der Waals surface area contributed by atoms with E-state index >= 15 is 0 Å². The minimum absolute atomic E-state index is 0.124. The number of nitrogens with two attached hydrogens (primary N) is 1. The van der Waals surface area contributed by atoms with Crippen molar-refractivity contribution in [2.24, 2.45) is 11.7 Å². The van der Waals surface area contributed by atoms with Gasteiger partial charge in [0.05, 0.1) is 12.2 Å². The van der Waals surface area contributed by atoms with Crippen LogP contribution in [0.5, 0.6) is 0 Å². The molecule has 4 heteroatoms. The second kappa shape index (κ2) is 4.97. The molecule has 1 unspecified atom stereocenters. The lowest BCUT2D eigenvalue weighted by Gasteiger charge is -2.09. The molecule has 3 nitrogen and oxygen atoms in total. The van der Waals surface area contributed by atoms with Crippen LogP contribution in [0.25, 0.3) is 0 Å². The monoisotopic (exact) mass is 199 g/mol. The summed E-state index contributed by atoms with van der Waals surface area (Å²) in [6.45, 7) is 0. The summed E-state index contributed by atoms with van der Waals surface area (Å²) in [5.74, 6) is 1.18. The van der Waals surface area contributed by atoms with Crippen molar-refractivity contribution in [1.29, 1.82) is 0 Å². The van der Waals surface area contributed by atoms with Gasteiger partial charge in [-0.05, 0) is 18.4 Å². The van der Waals surface area contributed by atoms with Gasteiger partial charge in [0.1, 0.15) is 5.76 Å². The molecule has 0 radical (unpaired) electrons. The molecule has 13 heavy (non-hydrogen) atoms. The van der Waals surface area contributed by atoms with E-state index in [-0.39, 0.29) is 11.8 Å².